The Balaban J connectivity index is 2.19. The van der Waals surface area contributed by atoms with Crippen LogP contribution in [0.1, 0.15) is 20.3 Å². The average Bonchev–Trinajstić information content (AvgIpc) is 2.64. The number of hydrogen-bond acceptors (Lipinski definition) is 4. The minimum atomic E-state index is 0.134. The van der Waals surface area contributed by atoms with Crippen LogP contribution in [0.15, 0.2) is 24.3 Å². The summed E-state index contributed by atoms with van der Waals surface area (Å²) in [6.07, 6.45) is 1.24. The lowest BCUT2D eigenvalue weighted by molar-refractivity contribution is 0.240. The summed E-state index contributed by atoms with van der Waals surface area (Å²) >= 11 is 0. The van der Waals surface area contributed by atoms with Crippen molar-refractivity contribution in [2.75, 3.05) is 31.1 Å². The third-order valence-electron chi connectivity index (χ3n) is 3.27. The summed E-state index contributed by atoms with van der Waals surface area (Å²) in [5, 5.41) is 12.7. The van der Waals surface area contributed by atoms with Gasteiger partial charge in [-0.15, -0.1) is 0 Å². The van der Waals surface area contributed by atoms with Crippen molar-refractivity contribution in [3.8, 4) is 5.75 Å². The van der Waals surface area contributed by atoms with Gasteiger partial charge in [-0.3, -0.25) is 0 Å². The van der Waals surface area contributed by atoms with Gasteiger partial charge in [-0.2, -0.15) is 0 Å². The SMILES string of the molecule is CC(C)Oc1ccccc1N1CCCNC(CO)C1. The minimum Gasteiger partial charge on any atom is -0.489 e. The molecule has 1 aromatic carbocycles. The maximum Gasteiger partial charge on any atom is 0.142 e. The summed E-state index contributed by atoms with van der Waals surface area (Å²) in [7, 11) is 0. The van der Waals surface area contributed by atoms with Gasteiger partial charge in [-0.25, -0.2) is 0 Å². The standard InChI is InChI=1S/C15H24N2O2/c1-12(2)19-15-7-4-3-6-14(15)17-9-5-8-16-13(10-17)11-18/h3-4,6-7,12-13,16,18H,5,8-11H2,1-2H3. The number of aliphatic hydroxyl groups excluding tert-OH is 1. The maximum atomic E-state index is 9.38. The van der Waals surface area contributed by atoms with Crippen molar-refractivity contribution in [1.29, 1.82) is 0 Å². The molecule has 1 fully saturated rings. The van der Waals surface area contributed by atoms with E-state index in [-0.39, 0.29) is 18.8 Å². The normalized spacial score (nSPS) is 20.4. The summed E-state index contributed by atoms with van der Waals surface area (Å²) < 4.78 is 5.88. The zero-order valence-corrected chi connectivity index (χ0v) is 11.8. The number of aliphatic hydroxyl groups is 1. The molecule has 0 amide bonds. The first kappa shape index (κ1) is 14.2. The van der Waals surface area contributed by atoms with Gasteiger partial charge in [-0.05, 0) is 38.9 Å². The van der Waals surface area contributed by atoms with E-state index in [0.29, 0.717) is 0 Å². The smallest absolute Gasteiger partial charge is 0.142 e. The number of rotatable bonds is 4. The second kappa shape index (κ2) is 6.78. The highest BCUT2D eigenvalue weighted by atomic mass is 16.5. The highest BCUT2D eigenvalue weighted by molar-refractivity contribution is 5.58. The third-order valence-corrected chi connectivity index (χ3v) is 3.27. The van der Waals surface area contributed by atoms with Crippen LogP contribution in [-0.4, -0.2) is 43.5 Å². The first-order chi connectivity index (χ1) is 9.20. The maximum absolute atomic E-state index is 9.38. The molecule has 0 bridgehead atoms. The molecule has 1 heterocycles. The number of nitrogens with zero attached hydrogens (tertiary/aromatic N) is 1. The van der Waals surface area contributed by atoms with Gasteiger partial charge in [-0.1, -0.05) is 12.1 Å². The zero-order chi connectivity index (χ0) is 13.7. The first-order valence-electron chi connectivity index (χ1n) is 7.05. The highest BCUT2D eigenvalue weighted by Gasteiger charge is 2.19. The Labute approximate surface area is 115 Å². The van der Waals surface area contributed by atoms with Gasteiger partial charge >= 0.3 is 0 Å². The van der Waals surface area contributed by atoms with Gasteiger partial charge in [0.1, 0.15) is 5.75 Å². The van der Waals surface area contributed by atoms with Crippen molar-refractivity contribution in [1.82, 2.24) is 5.32 Å². The number of ether oxygens (including phenoxy) is 1. The molecule has 1 unspecified atom stereocenters. The fraction of sp³-hybridized carbons (Fsp3) is 0.600. The Bertz CT molecular complexity index is 395. The molecule has 4 heteroatoms. The summed E-state index contributed by atoms with van der Waals surface area (Å²) in [4.78, 5) is 2.30. The molecule has 1 saturated heterocycles. The Kier molecular flexibility index (Phi) is 5.05. The molecule has 0 aliphatic carbocycles. The Morgan fingerprint density at radius 3 is 2.95 bits per heavy atom. The molecular weight excluding hydrogens is 240 g/mol. The molecule has 0 aromatic heterocycles. The number of hydrogen-bond donors (Lipinski definition) is 2. The Hall–Kier alpha value is -1.26. The Morgan fingerprint density at radius 2 is 2.21 bits per heavy atom. The quantitative estimate of drug-likeness (QED) is 0.867. The molecule has 1 aromatic rings. The molecule has 19 heavy (non-hydrogen) atoms. The number of anilines is 1. The lowest BCUT2D eigenvalue weighted by Gasteiger charge is -2.28. The van der Waals surface area contributed by atoms with Crippen molar-refractivity contribution in [3.05, 3.63) is 24.3 Å². The van der Waals surface area contributed by atoms with Gasteiger partial charge in [0.05, 0.1) is 18.4 Å². The number of benzene rings is 1. The van der Waals surface area contributed by atoms with Gasteiger partial charge in [0.25, 0.3) is 0 Å². The molecule has 1 aliphatic rings. The van der Waals surface area contributed by atoms with E-state index in [1.54, 1.807) is 0 Å². The molecule has 0 radical (unpaired) electrons. The molecule has 4 nitrogen and oxygen atoms in total. The van der Waals surface area contributed by atoms with Crippen LogP contribution in [0.5, 0.6) is 5.75 Å². The van der Waals surface area contributed by atoms with Gasteiger partial charge < -0.3 is 20.1 Å². The molecule has 2 N–H and O–H groups in total. The minimum absolute atomic E-state index is 0.134. The fourth-order valence-electron chi connectivity index (χ4n) is 2.41. The Morgan fingerprint density at radius 1 is 1.42 bits per heavy atom. The molecule has 106 valence electrons. The second-order valence-electron chi connectivity index (χ2n) is 5.27. The van der Waals surface area contributed by atoms with Crippen molar-refractivity contribution < 1.29 is 9.84 Å². The van der Waals surface area contributed by atoms with Crippen LogP contribution in [0, 0.1) is 0 Å². The van der Waals surface area contributed by atoms with E-state index in [4.69, 9.17) is 4.74 Å². The predicted molar refractivity (Wildman–Crippen MR) is 77.9 cm³/mol. The molecule has 1 aliphatic heterocycles. The van der Waals surface area contributed by atoms with Crippen LogP contribution >= 0.6 is 0 Å². The van der Waals surface area contributed by atoms with Crippen molar-refractivity contribution in [2.24, 2.45) is 0 Å². The summed E-state index contributed by atoms with van der Waals surface area (Å²) in [5.74, 6) is 0.927. The van der Waals surface area contributed by atoms with Crippen LogP contribution in [0.25, 0.3) is 0 Å². The van der Waals surface area contributed by atoms with Crippen LogP contribution in [-0.2, 0) is 0 Å². The first-order valence-corrected chi connectivity index (χ1v) is 7.05. The predicted octanol–water partition coefficient (Wildman–Crippen LogP) is 1.63. The molecule has 0 saturated carbocycles. The van der Waals surface area contributed by atoms with Crippen LogP contribution in [0.4, 0.5) is 5.69 Å². The monoisotopic (exact) mass is 264 g/mol. The molecule has 0 spiro atoms. The van der Waals surface area contributed by atoms with Crippen molar-refractivity contribution in [3.63, 3.8) is 0 Å². The number of para-hydroxylation sites is 2. The lowest BCUT2D eigenvalue weighted by Crippen LogP contribution is -2.40. The fourth-order valence-corrected chi connectivity index (χ4v) is 2.41. The molecule has 1 atom stereocenters. The van der Waals surface area contributed by atoms with E-state index in [2.05, 4.69) is 16.3 Å². The zero-order valence-electron chi connectivity index (χ0n) is 11.8. The summed E-state index contributed by atoms with van der Waals surface area (Å²) in [6.45, 7) is 7.00. The van der Waals surface area contributed by atoms with E-state index < -0.39 is 0 Å². The largest absolute Gasteiger partial charge is 0.489 e. The van der Waals surface area contributed by atoms with Crippen LogP contribution in [0.2, 0.25) is 0 Å². The molecular formula is C15H24N2O2. The van der Waals surface area contributed by atoms with Crippen LogP contribution in [0.3, 0.4) is 0 Å². The topological polar surface area (TPSA) is 44.7 Å². The van der Waals surface area contributed by atoms with E-state index in [0.717, 1.165) is 37.5 Å². The van der Waals surface area contributed by atoms with Gasteiger partial charge in [0, 0.05) is 19.1 Å². The van der Waals surface area contributed by atoms with Crippen molar-refractivity contribution >= 4 is 5.69 Å². The van der Waals surface area contributed by atoms with E-state index >= 15 is 0 Å². The van der Waals surface area contributed by atoms with Crippen molar-refractivity contribution in [2.45, 2.75) is 32.4 Å². The average molecular weight is 264 g/mol. The van der Waals surface area contributed by atoms with E-state index in [1.165, 1.54) is 0 Å². The molecule has 2 rings (SSSR count). The third kappa shape index (κ3) is 3.85. The van der Waals surface area contributed by atoms with Gasteiger partial charge in [0.2, 0.25) is 0 Å². The highest BCUT2D eigenvalue weighted by Crippen LogP contribution is 2.29. The lowest BCUT2D eigenvalue weighted by atomic mass is 10.2. The van der Waals surface area contributed by atoms with Crippen LogP contribution < -0.4 is 15.0 Å². The van der Waals surface area contributed by atoms with E-state index in [9.17, 15) is 5.11 Å². The van der Waals surface area contributed by atoms with Gasteiger partial charge in [0.15, 0.2) is 0 Å². The summed E-state index contributed by atoms with van der Waals surface area (Å²) in [5.41, 5.74) is 1.12. The number of nitrogens with one attached hydrogen (secondary N) is 1. The van der Waals surface area contributed by atoms with E-state index in [1.807, 2.05) is 32.0 Å². The second-order valence-corrected chi connectivity index (χ2v) is 5.27. The summed E-state index contributed by atoms with van der Waals surface area (Å²) in [6, 6.07) is 8.28.